The van der Waals surface area contributed by atoms with E-state index in [2.05, 4.69) is 139 Å². The van der Waals surface area contributed by atoms with Crippen molar-refractivity contribution in [1.29, 1.82) is 0 Å². The van der Waals surface area contributed by atoms with E-state index in [1.807, 2.05) is 6.07 Å². The number of halogens is 1. The number of fused-ring (bicyclic) bond motifs is 4. The molecular weight excluding hydrogens is 572 g/mol. The second kappa shape index (κ2) is 14.8. The number of hydrogen-bond donors (Lipinski definition) is 0. The summed E-state index contributed by atoms with van der Waals surface area (Å²) >= 11 is 3.42. The highest BCUT2D eigenvalue weighted by Gasteiger charge is 2.36. The van der Waals surface area contributed by atoms with Gasteiger partial charge in [0.25, 0.3) is 0 Å². The smallest absolute Gasteiger partial charge is 0.0175 e. The van der Waals surface area contributed by atoms with Gasteiger partial charge in [0.1, 0.15) is 0 Å². The van der Waals surface area contributed by atoms with Crippen molar-refractivity contribution in [2.45, 2.75) is 78.1 Å². The minimum absolute atomic E-state index is 0.218. The molecule has 4 aromatic rings. The molecule has 0 N–H and O–H groups in total. The Bertz CT molecular complexity index is 1630. The molecule has 0 radical (unpaired) electrons. The van der Waals surface area contributed by atoms with Crippen LogP contribution in [0.4, 0.5) is 0 Å². The average molecular weight is 618 g/mol. The van der Waals surface area contributed by atoms with Gasteiger partial charge in [0.05, 0.1) is 0 Å². The van der Waals surface area contributed by atoms with Crippen molar-refractivity contribution in [1.82, 2.24) is 0 Å². The number of hydrogen-bond acceptors (Lipinski definition) is 0. The van der Waals surface area contributed by atoms with E-state index in [0.29, 0.717) is 0 Å². The zero-order valence-electron chi connectivity index (χ0n) is 25.4. The van der Waals surface area contributed by atoms with Crippen LogP contribution in [0.2, 0.25) is 0 Å². The second-order valence-electron chi connectivity index (χ2n) is 11.9. The Hall–Kier alpha value is -3.16. The van der Waals surface area contributed by atoms with E-state index in [4.69, 9.17) is 0 Å². The van der Waals surface area contributed by atoms with Crippen molar-refractivity contribution < 1.29 is 0 Å². The molecule has 0 aliphatic heterocycles. The van der Waals surface area contributed by atoms with Crippen molar-refractivity contribution in [2.24, 2.45) is 5.41 Å². The lowest BCUT2D eigenvalue weighted by molar-refractivity contribution is 0.385. The highest BCUT2D eigenvalue weighted by atomic mass is 79.9. The molecule has 42 heavy (non-hydrogen) atoms. The van der Waals surface area contributed by atoms with Crippen LogP contribution in [0, 0.1) is 5.41 Å². The molecule has 2 aliphatic carbocycles. The van der Waals surface area contributed by atoms with Crippen molar-refractivity contribution in [3.8, 4) is 11.1 Å². The lowest BCUT2D eigenvalue weighted by Gasteiger charge is -2.36. The van der Waals surface area contributed by atoms with Gasteiger partial charge < -0.3 is 0 Å². The van der Waals surface area contributed by atoms with Crippen molar-refractivity contribution >= 4 is 38.4 Å². The second-order valence-corrected chi connectivity index (χ2v) is 12.8. The third kappa shape index (κ3) is 7.07. The summed E-state index contributed by atoms with van der Waals surface area (Å²) in [6.45, 7) is 4.62. The van der Waals surface area contributed by atoms with Gasteiger partial charge in [0.15, 0.2) is 0 Å². The fourth-order valence-electron chi connectivity index (χ4n) is 6.71. The molecule has 0 fully saturated rings. The van der Waals surface area contributed by atoms with Gasteiger partial charge in [0, 0.05) is 9.89 Å². The Morgan fingerprint density at radius 3 is 1.95 bits per heavy atom. The van der Waals surface area contributed by atoms with Crippen molar-refractivity contribution in [3.05, 3.63) is 130 Å². The molecule has 0 nitrogen and oxygen atoms in total. The van der Waals surface area contributed by atoms with Gasteiger partial charge in [-0.2, -0.15) is 0 Å². The molecule has 216 valence electrons. The summed E-state index contributed by atoms with van der Waals surface area (Å²) in [6, 6.07) is 32.3. The standard InChI is InChI=1S/C29H36.C12H9Br/c1-3-5-7-11-19-29(20-12-8-6-4-2)21-13-15-24-22-27-25-16-10-9-14-23(25)17-18-26(27)28(24)29;13-12-8-6-11(7-9-12)10-4-2-1-3-5-10/h9-10,13-18,21-22H,3-8,11-12,19-20H2,1-2H3;1-9H. The van der Waals surface area contributed by atoms with Gasteiger partial charge >= 0.3 is 0 Å². The van der Waals surface area contributed by atoms with Gasteiger partial charge in [-0.05, 0) is 74.5 Å². The molecule has 4 aromatic carbocycles. The highest BCUT2D eigenvalue weighted by Crippen LogP contribution is 2.47. The SMILES string of the molecule is Brc1ccc(-c2ccccc2)cc1.CCCCCCC1(CCCCCC)C=CC=C2C=c3c(ccc4ccccc34)=C21. The first-order chi connectivity index (χ1) is 20.6. The summed E-state index contributed by atoms with van der Waals surface area (Å²) in [7, 11) is 0. The quantitative estimate of drug-likeness (QED) is 0.147. The zero-order valence-corrected chi connectivity index (χ0v) is 27.0. The number of rotatable bonds is 11. The van der Waals surface area contributed by atoms with Gasteiger partial charge in [-0.25, -0.2) is 0 Å². The fraction of sp³-hybridized carbons (Fsp3) is 0.317. The molecule has 0 amide bonds. The van der Waals surface area contributed by atoms with Crippen LogP contribution in [0.15, 0.2) is 119 Å². The van der Waals surface area contributed by atoms with Crippen molar-refractivity contribution in [3.63, 3.8) is 0 Å². The Morgan fingerprint density at radius 2 is 1.26 bits per heavy atom. The van der Waals surface area contributed by atoms with Gasteiger partial charge in [-0.15, -0.1) is 0 Å². The maximum atomic E-state index is 3.42. The first kappa shape index (κ1) is 30.3. The largest absolute Gasteiger partial charge is 0.0739 e. The third-order valence-corrected chi connectivity index (χ3v) is 9.45. The predicted octanol–water partition coefficient (Wildman–Crippen LogP) is 11.3. The Balaban J connectivity index is 0.000000226. The molecular formula is C41H45Br. The minimum Gasteiger partial charge on any atom is -0.0739 e. The molecule has 0 unspecified atom stereocenters. The number of benzene rings is 4. The van der Waals surface area contributed by atoms with Crippen LogP contribution >= 0.6 is 15.9 Å². The molecule has 0 aromatic heterocycles. The van der Waals surface area contributed by atoms with Gasteiger partial charge in [0.2, 0.25) is 0 Å². The Labute approximate surface area is 261 Å². The topological polar surface area (TPSA) is 0 Å². The summed E-state index contributed by atoms with van der Waals surface area (Å²) in [4.78, 5) is 0. The lowest BCUT2D eigenvalue weighted by Crippen LogP contribution is -2.31. The van der Waals surface area contributed by atoms with E-state index in [9.17, 15) is 0 Å². The molecule has 0 saturated carbocycles. The lowest BCUT2D eigenvalue weighted by atomic mass is 9.68. The highest BCUT2D eigenvalue weighted by molar-refractivity contribution is 9.10. The molecule has 0 saturated heterocycles. The van der Waals surface area contributed by atoms with E-state index in [1.54, 1.807) is 5.57 Å². The Morgan fingerprint density at radius 1 is 0.619 bits per heavy atom. The molecule has 6 rings (SSSR count). The van der Waals surface area contributed by atoms with E-state index in [1.165, 1.54) is 102 Å². The summed E-state index contributed by atoms with van der Waals surface area (Å²) in [5.74, 6) is 0. The minimum atomic E-state index is 0.218. The summed E-state index contributed by atoms with van der Waals surface area (Å²) < 4.78 is 1.12. The first-order valence-corrected chi connectivity index (χ1v) is 16.9. The average Bonchev–Trinajstić information content (AvgIpc) is 3.43. The maximum absolute atomic E-state index is 3.42. The maximum Gasteiger partial charge on any atom is 0.0175 e. The first-order valence-electron chi connectivity index (χ1n) is 16.1. The normalized spacial score (nSPS) is 14.5. The van der Waals surface area contributed by atoms with Crippen LogP contribution in [-0.2, 0) is 0 Å². The van der Waals surface area contributed by atoms with Crippen LogP contribution in [0.3, 0.4) is 0 Å². The van der Waals surface area contributed by atoms with Crippen LogP contribution in [0.25, 0.3) is 33.5 Å². The molecule has 0 bridgehead atoms. The fourth-order valence-corrected chi connectivity index (χ4v) is 6.97. The zero-order chi connectivity index (χ0) is 29.2. The van der Waals surface area contributed by atoms with Crippen LogP contribution in [-0.4, -0.2) is 0 Å². The third-order valence-electron chi connectivity index (χ3n) is 8.92. The summed E-state index contributed by atoms with van der Waals surface area (Å²) in [5.41, 5.74) is 5.81. The van der Waals surface area contributed by atoms with Crippen LogP contribution in [0.5, 0.6) is 0 Å². The van der Waals surface area contributed by atoms with E-state index in [0.717, 1.165) is 4.47 Å². The van der Waals surface area contributed by atoms with Crippen molar-refractivity contribution in [2.75, 3.05) is 0 Å². The van der Waals surface area contributed by atoms with E-state index < -0.39 is 0 Å². The van der Waals surface area contributed by atoms with Crippen LogP contribution in [0.1, 0.15) is 78.1 Å². The summed E-state index contributed by atoms with van der Waals surface area (Å²) in [6.07, 6.45) is 23.1. The van der Waals surface area contributed by atoms with E-state index >= 15 is 0 Å². The van der Waals surface area contributed by atoms with Gasteiger partial charge in [-0.3, -0.25) is 0 Å². The number of allylic oxidation sites excluding steroid dienone is 4. The number of unbranched alkanes of at least 4 members (excludes halogenated alkanes) is 6. The van der Waals surface area contributed by atoms with Crippen LogP contribution < -0.4 is 10.4 Å². The van der Waals surface area contributed by atoms with Gasteiger partial charge in [-0.1, -0.05) is 178 Å². The molecule has 0 atom stereocenters. The predicted molar refractivity (Wildman–Crippen MR) is 188 cm³/mol. The Kier molecular flexibility index (Phi) is 10.7. The monoisotopic (exact) mass is 616 g/mol. The molecule has 2 aliphatic rings. The van der Waals surface area contributed by atoms with E-state index in [-0.39, 0.29) is 5.41 Å². The summed E-state index contributed by atoms with van der Waals surface area (Å²) in [5, 5.41) is 5.69. The molecule has 0 heterocycles. The molecule has 0 spiro atoms. The molecule has 1 heteroatoms.